The quantitative estimate of drug-likeness (QED) is 0.358. The minimum atomic E-state index is -0.365. The van der Waals surface area contributed by atoms with E-state index in [1.165, 1.54) is 31.2 Å². The Labute approximate surface area is 210 Å². The second-order valence-electron chi connectivity index (χ2n) is 9.15. The number of carbonyl (C=O) groups excluding carboxylic acids is 1. The summed E-state index contributed by atoms with van der Waals surface area (Å²) in [6, 6.07) is 11.8. The molecule has 1 aromatic carbocycles. The van der Waals surface area contributed by atoms with Crippen LogP contribution in [-0.2, 0) is 35.3 Å². The van der Waals surface area contributed by atoms with Crippen molar-refractivity contribution in [2.24, 2.45) is 5.73 Å². The first-order chi connectivity index (χ1) is 17.6. The van der Waals surface area contributed by atoms with E-state index < -0.39 is 0 Å². The maximum atomic E-state index is 12.2. The van der Waals surface area contributed by atoms with Crippen molar-refractivity contribution in [3.63, 3.8) is 0 Å². The van der Waals surface area contributed by atoms with Crippen LogP contribution >= 0.6 is 0 Å². The molecular weight excluding hydrogens is 454 g/mol. The lowest BCUT2D eigenvalue weighted by Crippen LogP contribution is -2.18. The number of rotatable bonds is 9. The average Bonchev–Trinajstić information content (AvgIpc) is 3.34. The van der Waals surface area contributed by atoms with E-state index in [-0.39, 0.29) is 18.4 Å². The highest BCUT2D eigenvalue weighted by Crippen LogP contribution is 2.29. The molecule has 0 fully saturated rings. The van der Waals surface area contributed by atoms with Gasteiger partial charge in [0.2, 0.25) is 0 Å². The predicted octanol–water partition coefficient (Wildman–Crippen LogP) is 3.94. The minimum absolute atomic E-state index is 0.134. The zero-order chi connectivity index (χ0) is 24.9. The Morgan fingerprint density at radius 2 is 2.00 bits per heavy atom. The summed E-state index contributed by atoms with van der Waals surface area (Å²) >= 11 is 0. The molecular formula is C28H31N5O3. The lowest BCUT2D eigenvalue weighted by Gasteiger charge is -2.18. The van der Waals surface area contributed by atoms with Gasteiger partial charge in [0.15, 0.2) is 0 Å². The number of carbonyl (C=O) groups is 1. The number of ether oxygens (including phenoxy) is 2. The van der Waals surface area contributed by atoms with Crippen LogP contribution in [0.5, 0.6) is 5.75 Å². The first kappa shape index (κ1) is 23.9. The van der Waals surface area contributed by atoms with E-state index in [4.69, 9.17) is 20.2 Å². The zero-order valence-electron chi connectivity index (χ0n) is 20.5. The summed E-state index contributed by atoms with van der Waals surface area (Å²) in [7, 11) is 1.39. The van der Waals surface area contributed by atoms with Gasteiger partial charge in [-0.05, 0) is 72.7 Å². The van der Waals surface area contributed by atoms with E-state index in [0.29, 0.717) is 13.2 Å². The molecule has 0 spiro atoms. The molecule has 0 bridgehead atoms. The van der Waals surface area contributed by atoms with Gasteiger partial charge in [-0.3, -0.25) is 19.4 Å². The normalized spacial score (nSPS) is 13.8. The van der Waals surface area contributed by atoms with Crippen molar-refractivity contribution in [2.75, 3.05) is 13.7 Å². The molecule has 36 heavy (non-hydrogen) atoms. The van der Waals surface area contributed by atoms with Gasteiger partial charge in [0, 0.05) is 42.1 Å². The summed E-state index contributed by atoms with van der Waals surface area (Å²) in [4.78, 5) is 21.4. The Morgan fingerprint density at radius 3 is 2.86 bits per heavy atom. The fraction of sp³-hybridized carbons (Fsp3) is 0.357. The molecule has 3 aromatic heterocycles. The number of nitrogens with two attached hydrogens (primary N) is 1. The molecule has 8 heteroatoms. The molecule has 0 aliphatic heterocycles. The molecule has 3 heterocycles. The van der Waals surface area contributed by atoms with Crippen LogP contribution in [0.2, 0.25) is 0 Å². The third-order valence-electron chi connectivity index (χ3n) is 6.75. The molecule has 8 nitrogen and oxygen atoms in total. The Morgan fingerprint density at radius 1 is 1.11 bits per heavy atom. The predicted molar refractivity (Wildman–Crippen MR) is 137 cm³/mol. The molecule has 1 aliphatic carbocycles. The van der Waals surface area contributed by atoms with Crippen LogP contribution in [0, 0.1) is 0 Å². The van der Waals surface area contributed by atoms with Crippen molar-refractivity contribution < 1.29 is 14.3 Å². The summed E-state index contributed by atoms with van der Waals surface area (Å²) in [5, 5.41) is 5.54. The Bertz CT molecular complexity index is 1370. The van der Waals surface area contributed by atoms with E-state index >= 15 is 0 Å². The summed E-state index contributed by atoms with van der Waals surface area (Å²) < 4.78 is 12.8. The van der Waals surface area contributed by atoms with E-state index in [2.05, 4.69) is 22.2 Å². The van der Waals surface area contributed by atoms with Crippen LogP contribution in [0.15, 0.2) is 55.0 Å². The third-order valence-corrected chi connectivity index (χ3v) is 6.75. The highest BCUT2D eigenvalue weighted by Gasteiger charge is 2.22. The number of hydrogen-bond acceptors (Lipinski definition) is 7. The SMILES string of the molecule is COC(=O)CC(c1cncc(CN)c1)n1ncc2cc(OCCc3ccc4c(n3)CCCC4)ccc21. The highest BCUT2D eigenvalue weighted by atomic mass is 16.5. The van der Waals surface area contributed by atoms with Gasteiger partial charge in [-0.25, -0.2) is 0 Å². The highest BCUT2D eigenvalue weighted by molar-refractivity contribution is 5.81. The number of hydrogen-bond donors (Lipinski definition) is 1. The van der Waals surface area contributed by atoms with Crippen LogP contribution in [0.3, 0.4) is 0 Å². The van der Waals surface area contributed by atoms with Gasteiger partial charge in [0.1, 0.15) is 5.75 Å². The van der Waals surface area contributed by atoms with Crippen LogP contribution in [0.1, 0.15) is 53.4 Å². The van der Waals surface area contributed by atoms with Gasteiger partial charge in [-0.1, -0.05) is 6.07 Å². The van der Waals surface area contributed by atoms with Crippen molar-refractivity contribution in [1.82, 2.24) is 19.7 Å². The van der Waals surface area contributed by atoms with Gasteiger partial charge >= 0.3 is 5.97 Å². The third kappa shape index (κ3) is 5.23. The van der Waals surface area contributed by atoms with Crippen LogP contribution in [0.4, 0.5) is 0 Å². The standard InChI is InChI=1S/C28H31N5O3/c1-35-28(34)14-27(21-12-19(15-29)16-30-17-21)33-26-9-8-24(13-22(26)18-31-33)36-11-10-23-7-6-20-4-2-3-5-25(20)32-23/h6-9,12-13,16-18,27H,2-5,10-11,14-15,29H2,1H3. The zero-order valence-corrected chi connectivity index (χ0v) is 20.5. The van der Waals surface area contributed by atoms with E-state index in [1.54, 1.807) is 18.6 Å². The molecule has 0 radical (unpaired) electrons. The Balaban J connectivity index is 1.32. The van der Waals surface area contributed by atoms with Crippen LogP contribution < -0.4 is 10.5 Å². The van der Waals surface area contributed by atoms with E-state index in [1.807, 2.05) is 28.9 Å². The molecule has 186 valence electrons. The minimum Gasteiger partial charge on any atom is -0.493 e. The van der Waals surface area contributed by atoms with Gasteiger partial charge < -0.3 is 15.2 Å². The summed E-state index contributed by atoms with van der Waals surface area (Å²) in [5.41, 5.74) is 12.2. The largest absolute Gasteiger partial charge is 0.493 e. The second kappa shape index (κ2) is 10.9. The molecule has 1 unspecified atom stereocenters. The fourth-order valence-electron chi connectivity index (χ4n) is 4.80. The molecule has 1 aliphatic rings. The van der Waals surface area contributed by atoms with Gasteiger partial charge in [0.25, 0.3) is 0 Å². The smallest absolute Gasteiger partial charge is 0.308 e. The molecule has 0 amide bonds. The van der Waals surface area contributed by atoms with Crippen LogP contribution in [0.25, 0.3) is 10.9 Å². The monoisotopic (exact) mass is 485 g/mol. The Hall–Kier alpha value is -3.78. The number of pyridine rings is 2. The number of benzene rings is 1. The molecule has 4 aromatic rings. The number of aryl methyl sites for hydroxylation is 2. The maximum Gasteiger partial charge on any atom is 0.308 e. The Kier molecular flexibility index (Phi) is 7.23. The van der Waals surface area contributed by atoms with Crippen molar-refractivity contribution in [2.45, 2.75) is 51.1 Å². The molecule has 2 N–H and O–H groups in total. The number of nitrogens with zero attached hydrogens (tertiary/aromatic N) is 4. The average molecular weight is 486 g/mol. The number of esters is 1. The van der Waals surface area contributed by atoms with E-state index in [0.717, 1.165) is 52.7 Å². The lowest BCUT2D eigenvalue weighted by atomic mass is 9.96. The maximum absolute atomic E-state index is 12.2. The first-order valence-corrected chi connectivity index (χ1v) is 12.4. The number of fused-ring (bicyclic) bond motifs is 2. The van der Waals surface area contributed by atoms with Crippen LogP contribution in [-0.4, -0.2) is 39.4 Å². The summed E-state index contributed by atoms with van der Waals surface area (Å²) in [5.74, 6) is 0.453. The van der Waals surface area contributed by atoms with Gasteiger partial charge in [-0.2, -0.15) is 5.10 Å². The first-order valence-electron chi connectivity index (χ1n) is 12.4. The summed E-state index contributed by atoms with van der Waals surface area (Å²) in [6.45, 7) is 0.918. The van der Waals surface area contributed by atoms with Crippen molar-refractivity contribution in [3.05, 3.63) is 83.1 Å². The molecule has 1 atom stereocenters. The molecule has 0 saturated heterocycles. The van der Waals surface area contributed by atoms with Crippen molar-refractivity contribution in [3.8, 4) is 5.75 Å². The van der Waals surface area contributed by atoms with Crippen molar-refractivity contribution in [1.29, 1.82) is 0 Å². The van der Waals surface area contributed by atoms with Gasteiger partial charge in [0.05, 0.1) is 37.9 Å². The molecule has 5 rings (SSSR count). The number of methoxy groups -OCH3 is 1. The van der Waals surface area contributed by atoms with Crippen molar-refractivity contribution >= 4 is 16.9 Å². The van der Waals surface area contributed by atoms with E-state index in [9.17, 15) is 4.79 Å². The number of aromatic nitrogens is 4. The summed E-state index contributed by atoms with van der Waals surface area (Å²) in [6.07, 6.45) is 10.9. The van der Waals surface area contributed by atoms with Gasteiger partial charge in [-0.15, -0.1) is 0 Å². The fourth-order valence-corrected chi connectivity index (χ4v) is 4.80. The second-order valence-corrected chi connectivity index (χ2v) is 9.15. The topological polar surface area (TPSA) is 105 Å². The lowest BCUT2D eigenvalue weighted by molar-refractivity contribution is -0.141. The molecule has 0 saturated carbocycles.